The molecule has 0 radical (unpaired) electrons. The van der Waals surface area contributed by atoms with Crippen LogP contribution < -0.4 is 9.62 Å². The Labute approximate surface area is 215 Å². The summed E-state index contributed by atoms with van der Waals surface area (Å²) in [6.45, 7) is 8.81. The van der Waals surface area contributed by atoms with Gasteiger partial charge in [0.15, 0.2) is 0 Å². The van der Waals surface area contributed by atoms with Crippen LogP contribution in [0.4, 0.5) is 5.69 Å². The number of sulfonamides is 1. The zero-order chi connectivity index (χ0) is 25.7. The van der Waals surface area contributed by atoms with E-state index in [0.717, 1.165) is 41.9 Å². The molecule has 0 unspecified atom stereocenters. The average Bonchev–Trinajstić information content (AvgIpc) is 3.37. The first-order valence-electron chi connectivity index (χ1n) is 12.5. The number of amides is 1. The van der Waals surface area contributed by atoms with Crippen LogP contribution in [0.3, 0.4) is 0 Å². The van der Waals surface area contributed by atoms with Crippen molar-refractivity contribution in [2.24, 2.45) is 0 Å². The summed E-state index contributed by atoms with van der Waals surface area (Å²) in [5, 5.41) is 2.97. The van der Waals surface area contributed by atoms with Crippen molar-refractivity contribution in [3.8, 4) is 0 Å². The largest absolute Gasteiger partial charge is 0.350 e. The second-order valence-corrected chi connectivity index (χ2v) is 11.5. The SMILES string of the molecule is Cc1ccc(S(=O)(=O)N(CC(=O)NCc2ccccc2CN2CCCC2)c2cc(C)ccc2C)cc1. The van der Waals surface area contributed by atoms with Gasteiger partial charge in [-0.3, -0.25) is 14.0 Å². The number of nitrogens with zero attached hydrogens (tertiary/aromatic N) is 2. The van der Waals surface area contributed by atoms with Crippen LogP contribution in [0, 0.1) is 20.8 Å². The Balaban J connectivity index is 1.55. The summed E-state index contributed by atoms with van der Waals surface area (Å²) in [7, 11) is -3.95. The molecule has 36 heavy (non-hydrogen) atoms. The average molecular weight is 506 g/mol. The maximum atomic E-state index is 13.7. The molecule has 1 amide bonds. The Morgan fingerprint density at radius 3 is 2.22 bits per heavy atom. The van der Waals surface area contributed by atoms with Gasteiger partial charge in [0, 0.05) is 13.1 Å². The zero-order valence-electron chi connectivity index (χ0n) is 21.3. The molecule has 0 bridgehead atoms. The number of anilines is 1. The summed E-state index contributed by atoms with van der Waals surface area (Å²) in [5.74, 6) is -0.345. The van der Waals surface area contributed by atoms with E-state index in [-0.39, 0.29) is 17.3 Å². The number of benzene rings is 3. The van der Waals surface area contributed by atoms with E-state index in [0.29, 0.717) is 12.2 Å². The molecular formula is C29H35N3O3S. The molecule has 7 heteroatoms. The van der Waals surface area contributed by atoms with Crippen LogP contribution in [0.5, 0.6) is 0 Å². The summed E-state index contributed by atoms with van der Waals surface area (Å²) >= 11 is 0. The van der Waals surface area contributed by atoms with Crippen molar-refractivity contribution in [2.75, 3.05) is 23.9 Å². The van der Waals surface area contributed by atoms with Gasteiger partial charge in [0.1, 0.15) is 6.54 Å². The molecule has 1 N–H and O–H groups in total. The third kappa shape index (κ3) is 6.15. The highest BCUT2D eigenvalue weighted by molar-refractivity contribution is 7.92. The van der Waals surface area contributed by atoms with E-state index in [1.165, 1.54) is 22.7 Å². The van der Waals surface area contributed by atoms with Gasteiger partial charge in [0.2, 0.25) is 5.91 Å². The monoisotopic (exact) mass is 505 g/mol. The topological polar surface area (TPSA) is 69.7 Å². The van der Waals surface area contributed by atoms with Crippen LogP contribution in [0.2, 0.25) is 0 Å². The molecule has 1 heterocycles. The van der Waals surface area contributed by atoms with Gasteiger partial charge in [0.25, 0.3) is 10.0 Å². The molecule has 3 aromatic rings. The number of hydrogen-bond acceptors (Lipinski definition) is 4. The molecule has 1 aliphatic heterocycles. The standard InChI is InChI=1S/C29H35N3O3S/c1-22-11-14-27(15-12-22)36(34,35)32(28-18-23(2)10-13-24(28)3)21-29(33)30-19-25-8-4-5-9-26(25)20-31-16-6-7-17-31/h4-5,8-15,18H,6-7,16-17,19-21H2,1-3H3,(H,30,33). The van der Waals surface area contributed by atoms with Crippen molar-refractivity contribution >= 4 is 21.6 Å². The molecule has 6 nitrogen and oxygen atoms in total. The van der Waals surface area contributed by atoms with Gasteiger partial charge in [-0.2, -0.15) is 0 Å². The minimum atomic E-state index is -3.95. The fraction of sp³-hybridized carbons (Fsp3) is 0.345. The van der Waals surface area contributed by atoms with E-state index < -0.39 is 10.0 Å². The predicted molar refractivity (Wildman–Crippen MR) is 144 cm³/mol. The van der Waals surface area contributed by atoms with Crippen LogP contribution in [-0.4, -0.2) is 38.9 Å². The number of aryl methyl sites for hydroxylation is 3. The molecule has 3 aromatic carbocycles. The van der Waals surface area contributed by atoms with Crippen molar-refractivity contribution in [1.29, 1.82) is 0 Å². The Morgan fingerprint density at radius 2 is 1.53 bits per heavy atom. The summed E-state index contributed by atoms with van der Waals surface area (Å²) in [6.07, 6.45) is 2.45. The minimum absolute atomic E-state index is 0.165. The number of hydrogen-bond donors (Lipinski definition) is 1. The minimum Gasteiger partial charge on any atom is -0.350 e. The highest BCUT2D eigenvalue weighted by atomic mass is 32.2. The molecule has 0 saturated carbocycles. The second kappa shape index (κ2) is 11.3. The third-order valence-corrected chi connectivity index (χ3v) is 8.49. The maximum Gasteiger partial charge on any atom is 0.264 e. The van der Waals surface area contributed by atoms with E-state index in [1.54, 1.807) is 24.3 Å². The molecule has 1 fully saturated rings. The van der Waals surface area contributed by atoms with Crippen molar-refractivity contribution in [2.45, 2.75) is 51.6 Å². The van der Waals surface area contributed by atoms with Crippen molar-refractivity contribution in [1.82, 2.24) is 10.2 Å². The van der Waals surface area contributed by atoms with Gasteiger partial charge in [-0.05, 0) is 87.2 Å². The molecule has 1 aliphatic rings. The lowest BCUT2D eigenvalue weighted by Crippen LogP contribution is -2.41. The summed E-state index contributed by atoms with van der Waals surface area (Å²) in [4.78, 5) is 15.7. The smallest absolute Gasteiger partial charge is 0.264 e. The number of nitrogens with one attached hydrogen (secondary N) is 1. The Hall–Kier alpha value is -3.16. The molecule has 4 rings (SSSR count). The quantitative estimate of drug-likeness (QED) is 0.457. The van der Waals surface area contributed by atoms with Crippen LogP contribution in [-0.2, 0) is 27.9 Å². The number of carbonyl (C=O) groups is 1. The first-order chi connectivity index (χ1) is 17.2. The summed E-state index contributed by atoms with van der Waals surface area (Å²) in [5.41, 5.74) is 5.45. The van der Waals surface area contributed by atoms with E-state index in [2.05, 4.69) is 16.3 Å². The fourth-order valence-electron chi connectivity index (χ4n) is 4.57. The fourth-order valence-corrected chi connectivity index (χ4v) is 6.05. The highest BCUT2D eigenvalue weighted by Gasteiger charge is 2.28. The van der Waals surface area contributed by atoms with E-state index in [4.69, 9.17) is 0 Å². The Bertz CT molecular complexity index is 1310. The van der Waals surface area contributed by atoms with Gasteiger partial charge in [-0.15, -0.1) is 0 Å². The lowest BCUT2D eigenvalue weighted by molar-refractivity contribution is -0.119. The first kappa shape index (κ1) is 25.9. The van der Waals surface area contributed by atoms with Crippen molar-refractivity contribution in [3.63, 3.8) is 0 Å². The van der Waals surface area contributed by atoms with Gasteiger partial charge < -0.3 is 5.32 Å². The Morgan fingerprint density at radius 1 is 0.889 bits per heavy atom. The molecule has 0 aromatic heterocycles. The van der Waals surface area contributed by atoms with Crippen molar-refractivity contribution in [3.05, 3.63) is 94.5 Å². The van der Waals surface area contributed by atoms with Gasteiger partial charge >= 0.3 is 0 Å². The Kier molecular flexibility index (Phi) is 8.11. The summed E-state index contributed by atoms with van der Waals surface area (Å²) < 4.78 is 28.6. The molecule has 190 valence electrons. The van der Waals surface area contributed by atoms with Crippen molar-refractivity contribution < 1.29 is 13.2 Å². The number of rotatable bonds is 9. The first-order valence-corrected chi connectivity index (χ1v) is 13.9. The third-order valence-electron chi connectivity index (χ3n) is 6.72. The van der Waals surface area contributed by atoms with E-state index in [1.807, 2.05) is 57.2 Å². The molecule has 0 aliphatic carbocycles. The van der Waals surface area contributed by atoms with Crippen LogP contribution in [0.1, 0.15) is 40.7 Å². The molecule has 0 spiro atoms. The van der Waals surface area contributed by atoms with E-state index in [9.17, 15) is 13.2 Å². The van der Waals surface area contributed by atoms with E-state index >= 15 is 0 Å². The summed E-state index contributed by atoms with van der Waals surface area (Å²) in [6, 6.07) is 20.5. The molecule has 0 atom stereocenters. The number of likely N-dealkylation sites (tertiary alicyclic amines) is 1. The zero-order valence-corrected chi connectivity index (χ0v) is 22.1. The lowest BCUT2D eigenvalue weighted by Gasteiger charge is -2.26. The lowest BCUT2D eigenvalue weighted by atomic mass is 10.1. The van der Waals surface area contributed by atoms with Gasteiger partial charge in [0.05, 0.1) is 10.6 Å². The molecular weight excluding hydrogens is 470 g/mol. The highest BCUT2D eigenvalue weighted by Crippen LogP contribution is 2.28. The second-order valence-electron chi connectivity index (χ2n) is 9.64. The van der Waals surface area contributed by atoms with Crippen LogP contribution >= 0.6 is 0 Å². The number of carbonyl (C=O) groups excluding carboxylic acids is 1. The molecule has 1 saturated heterocycles. The van der Waals surface area contributed by atoms with Gasteiger partial charge in [-0.1, -0.05) is 54.1 Å². The normalized spacial score (nSPS) is 14.1. The van der Waals surface area contributed by atoms with Gasteiger partial charge in [-0.25, -0.2) is 8.42 Å². The maximum absolute atomic E-state index is 13.7. The van der Waals surface area contributed by atoms with Crippen LogP contribution in [0.25, 0.3) is 0 Å². The van der Waals surface area contributed by atoms with Crippen LogP contribution in [0.15, 0.2) is 71.6 Å². The predicted octanol–water partition coefficient (Wildman–Crippen LogP) is 4.72.